The number of carbonyl (C=O) groups is 2. The summed E-state index contributed by atoms with van der Waals surface area (Å²) >= 11 is 0. The van der Waals surface area contributed by atoms with Gasteiger partial charge in [-0.15, -0.1) is 0 Å². The molecule has 0 unspecified atom stereocenters. The highest BCUT2D eigenvalue weighted by Gasteiger charge is 2.21. The van der Waals surface area contributed by atoms with Crippen LogP contribution in [0.5, 0.6) is 11.5 Å². The number of furan rings is 1. The second-order valence-electron chi connectivity index (χ2n) is 8.56. The minimum atomic E-state index is -0.529. The van der Waals surface area contributed by atoms with Crippen molar-refractivity contribution in [3.63, 3.8) is 0 Å². The molecule has 0 amide bonds. The first kappa shape index (κ1) is 24.0. The maximum Gasteiger partial charge on any atom is 0.347 e. The standard InChI is InChI=1S/C30H28O5/c1-5-33-25-15-17-28-26(18-25)29(20(4)34-28)30(32)35-24-13-11-23(12-14-24)27(31)16-8-21-6-9-22(10-7-21)19(2)3/h6-19H,5H2,1-4H3/b16-8+. The first-order valence-corrected chi connectivity index (χ1v) is 11.7. The zero-order valence-corrected chi connectivity index (χ0v) is 20.3. The van der Waals surface area contributed by atoms with Gasteiger partial charge in [0, 0.05) is 10.9 Å². The first-order valence-electron chi connectivity index (χ1n) is 11.7. The Morgan fingerprint density at radius 3 is 2.29 bits per heavy atom. The van der Waals surface area contributed by atoms with Gasteiger partial charge in [0.25, 0.3) is 0 Å². The molecule has 4 rings (SSSR count). The van der Waals surface area contributed by atoms with Crippen LogP contribution in [0.4, 0.5) is 0 Å². The molecule has 3 aromatic carbocycles. The number of hydrogen-bond acceptors (Lipinski definition) is 5. The van der Waals surface area contributed by atoms with Gasteiger partial charge < -0.3 is 13.9 Å². The van der Waals surface area contributed by atoms with Crippen molar-refractivity contribution < 1.29 is 23.5 Å². The summed E-state index contributed by atoms with van der Waals surface area (Å²) in [5, 5.41) is 0.636. The molecule has 0 spiro atoms. The molecule has 0 N–H and O–H groups in total. The van der Waals surface area contributed by atoms with Crippen LogP contribution in [-0.2, 0) is 0 Å². The lowest BCUT2D eigenvalue weighted by Crippen LogP contribution is -2.09. The van der Waals surface area contributed by atoms with Crippen LogP contribution in [0.3, 0.4) is 0 Å². The van der Waals surface area contributed by atoms with Crippen molar-refractivity contribution in [1.29, 1.82) is 0 Å². The van der Waals surface area contributed by atoms with Crippen LogP contribution < -0.4 is 9.47 Å². The van der Waals surface area contributed by atoms with Crippen molar-refractivity contribution in [2.75, 3.05) is 6.61 Å². The van der Waals surface area contributed by atoms with Crippen molar-refractivity contribution in [3.8, 4) is 11.5 Å². The van der Waals surface area contributed by atoms with Crippen molar-refractivity contribution in [2.45, 2.75) is 33.6 Å². The molecule has 1 heterocycles. The Hall–Kier alpha value is -4.12. The molecule has 0 radical (unpaired) electrons. The molecule has 0 saturated heterocycles. The lowest BCUT2D eigenvalue weighted by atomic mass is 10.0. The number of esters is 1. The van der Waals surface area contributed by atoms with Gasteiger partial charge in [0.1, 0.15) is 28.4 Å². The fraction of sp³-hybridized carbons (Fsp3) is 0.200. The van der Waals surface area contributed by atoms with Crippen molar-refractivity contribution in [2.24, 2.45) is 0 Å². The van der Waals surface area contributed by atoms with Crippen molar-refractivity contribution in [3.05, 3.63) is 101 Å². The van der Waals surface area contributed by atoms with Crippen LogP contribution in [0.2, 0.25) is 0 Å². The smallest absolute Gasteiger partial charge is 0.347 e. The fourth-order valence-electron chi connectivity index (χ4n) is 3.81. The molecule has 35 heavy (non-hydrogen) atoms. The number of allylic oxidation sites excluding steroid dienone is 1. The maximum absolute atomic E-state index is 12.9. The van der Waals surface area contributed by atoms with E-state index in [-0.39, 0.29) is 5.78 Å². The van der Waals surface area contributed by atoms with E-state index in [1.807, 2.05) is 19.1 Å². The van der Waals surface area contributed by atoms with Gasteiger partial charge >= 0.3 is 5.97 Å². The molecule has 0 atom stereocenters. The number of fused-ring (bicyclic) bond motifs is 1. The normalized spacial score (nSPS) is 11.3. The number of carbonyl (C=O) groups excluding carboxylic acids is 2. The largest absolute Gasteiger partial charge is 0.494 e. The highest BCUT2D eigenvalue weighted by Crippen LogP contribution is 2.30. The second kappa shape index (κ2) is 10.4. The number of rotatable bonds is 8. The van der Waals surface area contributed by atoms with E-state index in [9.17, 15) is 9.59 Å². The molecule has 5 nitrogen and oxygen atoms in total. The third-order valence-electron chi connectivity index (χ3n) is 5.73. The van der Waals surface area contributed by atoms with Crippen LogP contribution >= 0.6 is 0 Å². The van der Waals surface area contributed by atoms with Gasteiger partial charge in [-0.05, 0) is 79.4 Å². The molecule has 0 aliphatic heterocycles. The van der Waals surface area contributed by atoms with Crippen LogP contribution in [0.25, 0.3) is 17.0 Å². The molecular weight excluding hydrogens is 440 g/mol. The molecule has 0 saturated carbocycles. The first-order chi connectivity index (χ1) is 16.9. The second-order valence-corrected chi connectivity index (χ2v) is 8.56. The third kappa shape index (κ3) is 5.52. The van der Waals surface area contributed by atoms with E-state index in [1.165, 1.54) is 5.56 Å². The Morgan fingerprint density at radius 2 is 1.63 bits per heavy atom. The molecule has 4 aromatic rings. The predicted octanol–water partition coefficient (Wildman–Crippen LogP) is 7.38. The Balaban J connectivity index is 1.45. The summed E-state index contributed by atoms with van der Waals surface area (Å²) in [5.74, 6) is 1.27. The van der Waals surface area contributed by atoms with Crippen LogP contribution in [0, 0.1) is 6.92 Å². The summed E-state index contributed by atoms with van der Waals surface area (Å²) in [6.45, 7) is 8.43. The average molecular weight is 469 g/mol. The molecular formula is C30H28O5. The summed E-state index contributed by atoms with van der Waals surface area (Å²) < 4.78 is 16.8. The molecule has 0 bridgehead atoms. The number of aryl methyl sites for hydroxylation is 1. The fourth-order valence-corrected chi connectivity index (χ4v) is 3.81. The quantitative estimate of drug-likeness (QED) is 0.117. The molecule has 178 valence electrons. The highest BCUT2D eigenvalue weighted by atomic mass is 16.5. The van der Waals surface area contributed by atoms with Crippen LogP contribution in [0.15, 0.2) is 77.2 Å². The molecule has 5 heteroatoms. The number of ketones is 1. The van der Waals surface area contributed by atoms with Crippen LogP contribution in [0.1, 0.15) is 64.3 Å². The van der Waals surface area contributed by atoms with Gasteiger partial charge in [-0.1, -0.05) is 44.2 Å². The lowest BCUT2D eigenvalue weighted by molar-refractivity contribution is 0.0734. The summed E-state index contributed by atoms with van der Waals surface area (Å²) in [6, 6.07) is 20.0. The zero-order chi connectivity index (χ0) is 24.9. The minimum Gasteiger partial charge on any atom is -0.494 e. The lowest BCUT2D eigenvalue weighted by Gasteiger charge is -2.06. The van der Waals surface area contributed by atoms with Gasteiger partial charge in [-0.2, -0.15) is 0 Å². The van der Waals surface area contributed by atoms with Gasteiger partial charge in [0.2, 0.25) is 0 Å². The SMILES string of the molecule is CCOc1ccc2oc(C)c(C(=O)Oc3ccc(C(=O)/C=C/c4ccc(C(C)C)cc4)cc3)c2c1. The Bertz CT molecular complexity index is 1370. The average Bonchev–Trinajstić information content (AvgIpc) is 3.18. The summed E-state index contributed by atoms with van der Waals surface area (Å²) in [6.07, 6.45) is 3.34. The van der Waals surface area contributed by atoms with Crippen molar-refractivity contribution >= 4 is 28.8 Å². The van der Waals surface area contributed by atoms with Gasteiger partial charge in [-0.3, -0.25) is 4.79 Å². The predicted molar refractivity (Wildman–Crippen MR) is 137 cm³/mol. The monoisotopic (exact) mass is 468 g/mol. The van der Waals surface area contributed by atoms with Gasteiger partial charge in [0.05, 0.1) is 6.61 Å². The van der Waals surface area contributed by atoms with Crippen LogP contribution in [-0.4, -0.2) is 18.4 Å². The van der Waals surface area contributed by atoms with E-state index in [1.54, 1.807) is 61.5 Å². The Labute approximate surface area is 205 Å². The highest BCUT2D eigenvalue weighted by molar-refractivity contribution is 6.07. The number of ether oxygens (including phenoxy) is 2. The van der Waals surface area contributed by atoms with E-state index >= 15 is 0 Å². The molecule has 0 fully saturated rings. The number of benzene rings is 3. The Kier molecular flexibility index (Phi) is 7.16. The van der Waals surface area contributed by atoms with E-state index in [4.69, 9.17) is 13.9 Å². The van der Waals surface area contributed by atoms with Gasteiger partial charge in [0.15, 0.2) is 5.78 Å². The Morgan fingerprint density at radius 1 is 0.943 bits per heavy atom. The van der Waals surface area contributed by atoms with E-state index < -0.39 is 5.97 Å². The van der Waals surface area contributed by atoms with Gasteiger partial charge in [-0.25, -0.2) is 4.79 Å². The van der Waals surface area contributed by atoms with E-state index in [0.717, 1.165) is 5.56 Å². The third-order valence-corrected chi connectivity index (χ3v) is 5.73. The summed E-state index contributed by atoms with van der Waals surface area (Å²) in [5.41, 5.74) is 3.67. The summed E-state index contributed by atoms with van der Waals surface area (Å²) in [4.78, 5) is 25.5. The topological polar surface area (TPSA) is 65.7 Å². The molecule has 0 aliphatic carbocycles. The van der Waals surface area contributed by atoms with Crippen molar-refractivity contribution in [1.82, 2.24) is 0 Å². The minimum absolute atomic E-state index is 0.129. The summed E-state index contributed by atoms with van der Waals surface area (Å²) in [7, 11) is 0. The number of hydrogen-bond donors (Lipinski definition) is 0. The zero-order valence-electron chi connectivity index (χ0n) is 20.3. The molecule has 1 aromatic heterocycles. The molecule has 0 aliphatic rings. The van der Waals surface area contributed by atoms with E-state index in [0.29, 0.717) is 51.9 Å². The van der Waals surface area contributed by atoms with E-state index in [2.05, 4.69) is 26.0 Å². The maximum atomic E-state index is 12.9.